The Hall–Kier alpha value is -2.23. The largest absolute Gasteiger partial charge is 0.462 e. The maximum Gasteiger partial charge on any atom is 0.341 e. The second kappa shape index (κ2) is 10.4. The van der Waals surface area contributed by atoms with E-state index < -0.39 is 16.0 Å². The van der Waals surface area contributed by atoms with Crippen molar-refractivity contribution in [1.29, 1.82) is 0 Å². The van der Waals surface area contributed by atoms with Crippen LogP contribution in [-0.4, -0.2) is 44.3 Å². The summed E-state index contributed by atoms with van der Waals surface area (Å²) in [5.74, 6) is -0.797. The number of hydrogen-bond acceptors (Lipinski definition) is 6. The van der Waals surface area contributed by atoms with Crippen LogP contribution in [0.5, 0.6) is 0 Å². The number of nitrogens with zero attached hydrogens (tertiary/aromatic N) is 1. The number of carbonyl (C=O) groups is 2. The summed E-state index contributed by atoms with van der Waals surface area (Å²) in [7, 11) is -3.36. The van der Waals surface area contributed by atoms with Crippen LogP contribution in [0, 0.1) is 0 Å². The molecule has 2 aliphatic rings. The zero-order valence-corrected chi connectivity index (χ0v) is 20.5. The molecule has 1 fully saturated rings. The number of carbonyl (C=O) groups excluding carboxylic acids is 2. The highest BCUT2D eigenvalue weighted by Crippen LogP contribution is 2.38. The van der Waals surface area contributed by atoms with Crippen molar-refractivity contribution in [2.24, 2.45) is 0 Å². The summed E-state index contributed by atoms with van der Waals surface area (Å²) in [5, 5.41) is 3.42. The van der Waals surface area contributed by atoms with Crippen molar-refractivity contribution in [3.8, 4) is 0 Å². The number of sulfonamides is 1. The van der Waals surface area contributed by atoms with Crippen LogP contribution in [0.15, 0.2) is 24.3 Å². The summed E-state index contributed by atoms with van der Waals surface area (Å²) in [6, 6.07) is 6.63. The fourth-order valence-electron chi connectivity index (χ4n) is 4.45. The number of ether oxygens (including phenoxy) is 1. The van der Waals surface area contributed by atoms with Gasteiger partial charge in [-0.15, -0.1) is 11.3 Å². The lowest BCUT2D eigenvalue weighted by Gasteiger charge is -2.25. The van der Waals surface area contributed by atoms with Crippen molar-refractivity contribution >= 4 is 38.2 Å². The normalized spacial score (nSPS) is 16.8. The molecule has 1 aromatic carbocycles. The second-order valence-corrected chi connectivity index (χ2v) is 11.6. The molecule has 0 unspecified atom stereocenters. The molecule has 2 aromatic rings. The predicted octanol–water partition coefficient (Wildman–Crippen LogP) is 4.37. The second-order valence-electron chi connectivity index (χ2n) is 8.50. The predicted molar refractivity (Wildman–Crippen MR) is 129 cm³/mol. The highest BCUT2D eigenvalue weighted by atomic mass is 32.2. The van der Waals surface area contributed by atoms with Crippen LogP contribution in [0.1, 0.15) is 75.7 Å². The van der Waals surface area contributed by atoms with Gasteiger partial charge in [-0.05, 0) is 68.7 Å². The molecule has 1 saturated heterocycles. The van der Waals surface area contributed by atoms with Crippen molar-refractivity contribution in [3.05, 3.63) is 51.4 Å². The van der Waals surface area contributed by atoms with Gasteiger partial charge in [0.05, 0.1) is 17.9 Å². The Morgan fingerprint density at radius 1 is 1.03 bits per heavy atom. The van der Waals surface area contributed by atoms with E-state index in [1.807, 2.05) is 0 Å². The Balaban J connectivity index is 1.48. The fourth-order valence-corrected chi connectivity index (χ4v) is 7.33. The summed E-state index contributed by atoms with van der Waals surface area (Å²) in [5.41, 5.74) is 2.54. The highest BCUT2D eigenvalue weighted by molar-refractivity contribution is 7.88. The zero-order chi connectivity index (χ0) is 23.4. The maximum absolute atomic E-state index is 12.9. The molecule has 0 radical (unpaired) electrons. The molecule has 4 rings (SSSR count). The molecule has 9 heteroatoms. The Labute approximate surface area is 199 Å². The van der Waals surface area contributed by atoms with Gasteiger partial charge >= 0.3 is 5.97 Å². The van der Waals surface area contributed by atoms with E-state index in [1.165, 1.54) is 11.3 Å². The quantitative estimate of drug-likeness (QED) is 0.582. The smallest absolute Gasteiger partial charge is 0.341 e. The first kappa shape index (κ1) is 23.9. The number of anilines is 1. The molecular formula is C24H30N2O5S2. The van der Waals surface area contributed by atoms with Crippen LogP contribution >= 0.6 is 11.3 Å². The lowest BCUT2D eigenvalue weighted by molar-refractivity contribution is 0.0526. The molecule has 0 spiro atoms. The lowest BCUT2D eigenvalue weighted by Crippen LogP contribution is -2.36. The molecule has 0 bridgehead atoms. The van der Waals surface area contributed by atoms with E-state index >= 15 is 0 Å². The standard InChI is InChI=1S/C24H30N2O5S2/c1-2-31-24(28)21-19-8-4-5-9-20(19)32-23(21)25-22(27)18-12-10-17(11-13-18)16-33(29,30)26-14-6-3-7-15-26/h10-13H,2-9,14-16H2,1H3,(H,25,27). The van der Waals surface area contributed by atoms with E-state index in [1.54, 1.807) is 35.5 Å². The van der Waals surface area contributed by atoms with E-state index in [9.17, 15) is 18.0 Å². The molecular weight excluding hydrogens is 460 g/mol. The number of thiophene rings is 1. The minimum Gasteiger partial charge on any atom is -0.462 e. The van der Waals surface area contributed by atoms with E-state index in [-0.39, 0.29) is 18.3 Å². The Kier molecular flexibility index (Phi) is 7.51. The van der Waals surface area contributed by atoms with Gasteiger partial charge in [0, 0.05) is 23.5 Å². The fraction of sp³-hybridized carbons (Fsp3) is 0.500. The molecule has 0 saturated carbocycles. The third-order valence-corrected chi connectivity index (χ3v) is 9.21. The van der Waals surface area contributed by atoms with Crippen LogP contribution in [0.4, 0.5) is 5.00 Å². The first-order valence-corrected chi connectivity index (χ1v) is 14.0. The number of amides is 1. The van der Waals surface area contributed by atoms with Gasteiger partial charge in [0.2, 0.25) is 10.0 Å². The Bertz CT molecular complexity index is 1120. The average Bonchev–Trinajstić information content (AvgIpc) is 3.18. The van der Waals surface area contributed by atoms with Crippen LogP contribution in [-0.2, 0) is 33.4 Å². The van der Waals surface area contributed by atoms with Crippen molar-refractivity contribution in [2.75, 3.05) is 25.0 Å². The van der Waals surface area contributed by atoms with Crippen molar-refractivity contribution in [2.45, 2.75) is 57.6 Å². The number of fused-ring (bicyclic) bond motifs is 1. The zero-order valence-electron chi connectivity index (χ0n) is 18.9. The Morgan fingerprint density at radius 2 is 1.73 bits per heavy atom. The van der Waals surface area contributed by atoms with Crippen molar-refractivity contribution in [3.63, 3.8) is 0 Å². The maximum atomic E-state index is 12.9. The van der Waals surface area contributed by atoms with Gasteiger partial charge in [-0.25, -0.2) is 17.5 Å². The number of aryl methyl sites for hydroxylation is 1. The molecule has 1 aliphatic heterocycles. The first-order valence-electron chi connectivity index (χ1n) is 11.6. The first-order chi connectivity index (χ1) is 15.9. The van der Waals surface area contributed by atoms with Crippen LogP contribution < -0.4 is 5.32 Å². The van der Waals surface area contributed by atoms with Crippen molar-refractivity contribution in [1.82, 2.24) is 4.31 Å². The van der Waals surface area contributed by atoms with E-state index in [0.717, 1.165) is 55.4 Å². The lowest BCUT2D eigenvalue weighted by atomic mass is 9.95. The molecule has 1 aromatic heterocycles. The monoisotopic (exact) mass is 490 g/mol. The van der Waals surface area contributed by atoms with Gasteiger partial charge in [-0.3, -0.25) is 4.79 Å². The number of rotatable bonds is 7. The molecule has 2 heterocycles. The van der Waals surface area contributed by atoms with Crippen LogP contribution in [0.25, 0.3) is 0 Å². The summed E-state index contributed by atoms with van der Waals surface area (Å²) in [6.07, 6.45) is 6.69. The summed E-state index contributed by atoms with van der Waals surface area (Å²) >= 11 is 1.45. The number of benzene rings is 1. The average molecular weight is 491 g/mol. The van der Waals surface area contributed by atoms with Gasteiger partial charge < -0.3 is 10.1 Å². The van der Waals surface area contributed by atoms with Gasteiger partial charge in [0.15, 0.2) is 0 Å². The van der Waals surface area contributed by atoms with Gasteiger partial charge in [0.25, 0.3) is 5.91 Å². The van der Waals surface area contributed by atoms with Gasteiger partial charge in [-0.2, -0.15) is 0 Å². The number of esters is 1. The van der Waals surface area contributed by atoms with Gasteiger partial charge in [-0.1, -0.05) is 18.6 Å². The summed E-state index contributed by atoms with van der Waals surface area (Å²) in [4.78, 5) is 26.7. The molecule has 1 N–H and O–H groups in total. The minimum atomic E-state index is -3.36. The van der Waals surface area contributed by atoms with E-state index in [0.29, 0.717) is 34.8 Å². The number of hydrogen-bond donors (Lipinski definition) is 1. The molecule has 33 heavy (non-hydrogen) atoms. The van der Waals surface area contributed by atoms with Gasteiger partial charge in [0.1, 0.15) is 5.00 Å². The third kappa shape index (κ3) is 5.47. The number of piperidine rings is 1. The molecule has 1 amide bonds. The molecule has 1 aliphatic carbocycles. The molecule has 7 nitrogen and oxygen atoms in total. The highest BCUT2D eigenvalue weighted by Gasteiger charge is 2.28. The number of nitrogens with one attached hydrogen (secondary N) is 1. The SMILES string of the molecule is CCOC(=O)c1c(NC(=O)c2ccc(CS(=O)(=O)N3CCCCC3)cc2)sc2c1CCCC2. The van der Waals surface area contributed by atoms with Crippen LogP contribution in [0.2, 0.25) is 0 Å². The molecule has 178 valence electrons. The minimum absolute atomic E-state index is 0.0699. The van der Waals surface area contributed by atoms with Crippen molar-refractivity contribution < 1.29 is 22.7 Å². The third-order valence-electron chi connectivity index (χ3n) is 6.15. The molecule has 0 atom stereocenters. The summed E-state index contributed by atoms with van der Waals surface area (Å²) in [6.45, 7) is 3.20. The van der Waals surface area contributed by atoms with Crippen LogP contribution in [0.3, 0.4) is 0 Å². The van der Waals surface area contributed by atoms with E-state index in [4.69, 9.17) is 4.74 Å². The summed E-state index contributed by atoms with van der Waals surface area (Å²) < 4.78 is 32.2. The van der Waals surface area contributed by atoms with E-state index in [2.05, 4.69) is 5.32 Å². The topological polar surface area (TPSA) is 92.8 Å². The Morgan fingerprint density at radius 3 is 2.42 bits per heavy atom.